The Kier molecular flexibility index (Phi) is 5.27. The van der Waals surface area contributed by atoms with Crippen LogP contribution in [0.1, 0.15) is 5.56 Å². The van der Waals surface area contributed by atoms with Gasteiger partial charge in [-0.1, -0.05) is 41.1 Å². The highest BCUT2D eigenvalue weighted by Crippen LogP contribution is 2.27. The number of anilines is 1. The number of nitrogens with zero attached hydrogens (tertiary/aromatic N) is 4. The summed E-state index contributed by atoms with van der Waals surface area (Å²) in [5.41, 5.74) is 5.54. The molecule has 0 unspecified atom stereocenters. The molecule has 0 aliphatic heterocycles. The zero-order chi connectivity index (χ0) is 19.3. The van der Waals surface area contributed by atoms with E-state index < -0.39 is 0 Å². The van der Waals surface area contributed by atoms with Gasteiger partial charge in [-0.25, -0.2) is 4.98 Å². The fourth-order valence-corrected chi connectivity index (χ4v) is 3.44. The molecule has 1 aromatic heterocycles. The Morgan fingerprint density at radius 1 is 0.964 bits per heavy atom. The number of hydrogen-bond acceptors (Lipinski definition) is 7. The Balaban J connectivity index is 1.49. The molecule has 0 atom stereocenters. The van der Waals surface area contributed by atoms with Crippen molar-refractivity contribution in [3.8, 4) is 5.75 Å². The number of aromatic hydroxyl groups is 1. The average Bonchev–Trinajstić information content (AvgIpc) is 3.11. The lowest BCUT2D eigenvalue weighted by molar-refractivity contribution is 0.474. The van der Waals surface area contributed by atoms with Crippen molar-refractivity contribution in [3.05, 3.63) is 77.3 Å². The third kappa shape index (κ3) is 4.33. The summed E-state index contributed by atoms with van der Waals surface area (Å²) >= 11 is 7.45. The van der Waals surface area contributed by atoms with Gasteiger partial charge in [0.15, 0.2) is 0 Å². The summed E-state index contributed by atoms with van der Waals surface area (Å²) in [6.45, 7) is 0. The van der Waals surface area contributed by atoms with Crippen molar-refractivity contribution < 1.29 is 5.11 Å². The number of thiazole rings is 1. The minimum Gasteiger partial charge on any atom is -0.507 e. The van der Waals surface area contributed by atoms with Crippen molar-refractivity contribution >= 4 is 55.9 Å². The summed E-state index contributed by atoms with van der Waals surface area (Å²) in [7, 11) is 0. The molecule has 0 bridgehead atoms. The molecular weight excluding hydrogens is 394 g/mol. The molecule has 8 heteroatoms. The summed E-state index contributed by atoms with van der Waals surface area (Å²) < 4.78 is 1.08. The molecule has 0 saturated carbocycles. The zero-order valence-corrected chi connectivity index (χ0v) is 16.0. The Labute approximate surface area is 169 Å². The number of phenols is 1. The van der Waals surface area contributed by atoms with Crippen molar-refractivity contribution in [1.82, 2.24) is 4.98 Å². The first kappa shape index (κ1) is 18.1. The van der Waals surface area contributed by atoms with Gasteiger partial charge in [-0.3, -0.25) is 5.43 Å². The molecule has 1 heterocycles. The van der Waals surface area contributed by atoms with Crippen LogP contribution in [-0.2, 0) is 0 Å². The second kappa shape index (κ2) is 8.16. The van der Waals surface area contributed by atoms with Crippen LogP contribution in [0.3, 0.4) is 0 Å². The topological polar surface area (TPSA) is 82.2 Å². The number of azo groups is 1. The maximum absolute atomic E-state index is 10.0. The monoisotopic (exact) mass is 407 g/mol. The first-order chi connectivity index (χ1) is 13.7. The largest absolute Gasteiger partial charge is 0.507 e. The number of halogens is 1. The van der Waals surface area contributed by atoms with Crippen molar-refractivity contribution in [1.29, 1.82) is 0 Å². The van der Waals surface area contributed by atoms with Gasteiger partial charge in [-0.2, -0.15) is 15.3 Å². The van der Waals surface area contributed by atoms with Gasteiger partial charge in [0.1, 0.15) is 5.75 Å². The van der Waals surface area contributed by atoms with Crippen molar-refractivity contribution in [2.24, 2.45) is 15.3 Å². The molecule has 0 aliphatic rings. The Hall–Kier alpha value is -3.29. The lowest BCUT2D eigenvalue weighted by atomic mass is 10.2. The van der Waals surface area contributed by atoms with E-state index in [0.29, 0.717) is 27.1 Å². The SMILES string of the molecule is Oc1ccc(N=Nc2cccc(Cl)c2)cc1/C=N/Nc1nc2ccccc2s1. The molecule has 138 valence electrons. The number of phenolic OH excluding ortho intramolecular Hbond substituents is 1. The van der Waals surface area contributed by atoms with Crippen LogP contribution in [-0.4, -0.2) is 16.3 Å². The Morgan fingerprint density at radius 2 is 1.79 bits per heavy atom. The Bertz CT molecular complexity index is 1160. The minimum absolute atomic E-state index is 0.0940. The van der Waals surface area contributed by atoms with Gasteiger partial charge in [0.25, 0.3) is 0 Å². The maximum Gasteiger partial charge on any atom is 0.204 e. The molecular formula is C20H14ClN5OS. The number of nitrogens with one attached hydrogen (secondary N) is 1. The second-order valence-electron chi connectivity index (χ2n) is 5.78. The number of aromatic nitrogens is 1. The predicted octanol–water partition coefficient (Wildman–Crippen LogP) is 6.52. The Morgan fingerprint density at radius 3 is 2.61 bits per heavy atom. The van der Waals surface area contributed by atoms with Gasteiger partial charge >= 0.3 is 0 Å². The molecule has 0 saturated heterocycles. The fraction of sp³-hybridized carbons (Fsp3) is 0. The predicted molar refractivity (Wildman–Crippen MR) is 115 cm³/mol. The number of rotatable bonds is 5. The molecule has 4 aromatic rings. The van der Waals surface area contributed by atoms with Crippen LogP contribution in [0.5, 0.6) is 5.75 Å². The van der Waals surface area contributed by atoms with Crippen LogP contribution >= 0.6 is 22.9 Å². The fourth-order valence-electron chi connectivity index (χ4n) is 2.44. The van der Waals surface area contributed by atoms with Crippen molar-refractivity contribution in [3.63, 3.8) is 0 Å². The molecule has 3 aromatic carbocycles. The number of fused-ring (bicyclic) bond motifs is 1. The standard InChI is InChI=1S/C20H14ClN5OS/c21-14-4-3-5-15(11-14)24-25-16-8-9-18(27)13(10-16)12-22-26-20-23-17-6-1-2-7-19(17)28-20/h1-12,27H,(H,23,26)/b22-12+,25-24?. The first-order valence-electron chi connectivity index (χ1n) is 8.32. The molecule has 0 amide bonds. The molecule has 0 spiro atoms. The van der Waals surface area contributed by atoms with E-state index in [1.165, 1.54) is 17.6 Å². The normalized spacial score (nSPS) is 11.6. The van der Waals surface area contributed by atoms with Gasteiger partial charge < -0.3 is 5.11 Å². The van der Waals surface area contributed by atoms with Crippen LogP contribution in [0.2, 0.25) is 5.02 Å². The van der Waals surface area contributed by atoms with E-state index in [2.05, 4.69) is 25.7 Å². The first-order valence-corrected chi connectivity index (χ1v) is 9.52. The highest BCUT2D eigenvalue weighted by Gasteiger charge is 2.03. The molecule has 2 N–H and O–H groups in total. The van der Waals surface area contributed by atoms with Gasteiger partial charge in [-0.05, 0) is 48.5 Å². The van der Waals surface area contributed by atoms with Gasteiger partial charge in [-0.15, -0.1) is 0 Å². The zero-order valence-electron chi connectivity index (χ0n) is 14.5. The maximum atomic E-state index is 10.0. The van der Waals surface area contributed by atoms with Crippen molar-refractivity contribution in [2.75, 3.05) is 5.43 Å². The van der Waals surface area contributed by atoms with Crippen LogP contribution in [0, 0.1) is 0 Å². The summed E-state index contributed by atoms with van der Waals surface area (Å²) in [4.78, 5) is 4.44. The summed E-state index contributed by atoms with van der Waals surface area (Å²) in [6.07, 6.45) is 1.51. The van der Waals surface area contributed by atoms with Gasteiger partial charge in [0.05, 0.1) is 27.8 Å². The highest BCUT2D eigenvalue weighted by atomic mass is 35.5. The van der Waals surface area contributed by atoms with Crippen LogP contribution in [0.4, 0.5) is 16.5 Å². The van der Waals surface area contributed by atoms with Gasteiger partial charge in [0.2, 0.25) is 5.13 Å². The average molecular weight is 408 g/mol. The number of para-hydroxylation sites is 1. The third-order valence-electron chi connectivity index (χ3n) is 3.76. The number of hydrazone groups is 1. The lowest BCUT2D eigenvalue weighted by Crippen LogP contribution is -1.90. The second-order valence-corrected chi connectivity index (χ2v) is 7.25. The van der Waals surface area contributed by atoms with E-state index in [9.17, 15) is 5.11 Å². The summed E-state index contributed by atoms with van der Waals surface area (Å²) in [5, 5.41) is 23.8. The number of benzene rings is 3. The molecule has 0 fully saturated rings. The molecule has 0 aliphatic carbocycles. The van der Waals surface area contributed by atoms with Crippen LogP contribution in [0.15, 0.2) is 82.1 Å². The van der Waals surface area contributed by atoms with Crippen LogP contribution in [0.25, 0.3) is 10.2 Å². The third-order valence-corrected chi connectivity index (χ3v) is 4.93. The van der Waals surface area contributed by atoms with E-state index in [-0.39, 0.29) is 5.75 Å². The highest BCUT2D eigenvalue weighted by molar-refractivity contribution is 7.22. The van der Waals surface area contributed by atoms with Crippen LogP contribution < -0.4 is 5.43 Å². The quantitative estimate of drug-likeness (QED) is 0.224. The van der Waals surface area contributed by atoms with Crippen molar-refractivity contribution in [2.45, 2.75) is 0 Å². The van der Waals surface area contributed by atoms with E-state index >= 15 is 0 Å². The van der Waals surface area contributed by atoms with E-state index in [1.807, 2.05) is 24.3 Å². The molecule has 4 rings (SSSR count). The smallest absolute Gasteiger partial charge is 0.204 e. The van der Waals surface area contributed by atoms with Gasteiger partial charge in [0, 0.05) is 10.6 Å². The lowest BCUT2D eigenvalue weighted by Gasteiger charge is -2.00. The minimum atomic E-state index is 0.0940. The number of hydrogen-bond donors (Lipinski definition) is 2. The molecule has 28 heavy (non-hydrogen) atoms. The summed E-state index contributed by atoms with van der Waals surface area (Å²) in [6, 6.07) is 19.9. The molecule has 6 nitrogen and oxygen atoms in total. The van der Waals surface area contributed by atoms with E-state index in [4.69, 9.17) is 11.6 Å². The summed E-state index contributed by atoms with van der Waals surface area (Å²) in [5.74, 6) is 0.0940. The van der Waals surface area contributed by atoms with E-state index in [1.54, 1.807) is 42.5 Å². The van der Waals surface area contributed by atoms with E-state index in [0.717, 1.165) is 10.2 Å². The molecule has 0 radical (unpaired) electrons.